The number of hydrogen-bond donors (Lipinski definition) is 0. The third kappa shape index (κ3) is 3.69. The highest BCUT2D eigenvalue weighted by molar-refractivity contribution is 6.30. The third-order valence-corrected chi connectivity index (χ3v) is 3.54. The summed E-state index contributed by atoms with van der Waals surface area (Å²) in [6, 6.07) is 8.00. The van der Waals surface area contributed by atoms with Crippen LogP contribution >= 0.6 is 11.6 Å². The second kappa shape index (κ2) is 6.17. The summed E-state index contributed by atoms with van der Waals surface area (Å²) in [6.45, 7) is 4.49. The number of benzene rings is 1. The summed E-state index contributed by atoms with van der Waals surface area (Å²) >= 11 is 5.89. The van der Waals surface area contributed by atoms with Crippen LogP contribution in [-0.4, -0.2) is 30.3 Å². The molecule has 1 aromatic carbocycles. The van der Waals surface area contributed by atoms with Crippen LogP contribution in [0.1, 0.15) is 25.3 Å². The largest absolute Gasteiger partial charge is 0.300 e. The first kappa shape index (κ1) is 13.3. The van der Waals surface area contributed by atoms with Crippen LogP contribution in [0.3, 0.4) is 0 Å². The van der Waals surface area contributed by atoms with Gasteiger partial charge in [0.1, 0.15) is 5.78 Å². The molecule has 0 amide bonds. The zero-order valence-corrected chi connectivity index (χ0v) is 11.4. The predicted octanol–water partition coefficient (Wildman–Crippen LogP) is 3.41. The van der Waals surface area contributed by atoms with Gasteiger partial charge in [-0.25, -0.2) is 0 Å². The Morgan fingerprint density at radius 1 is 1.33 bits per heavy atom. The van der Waals surface area contributed by atoms with Gasteiger partial charge in [-0.1, -0.05) is 29.8 Å². The van der Waals surface area contributed by atoms with E-state index in [0.29, 0.717) is 6.42 Å². The number of halogens is 1. The number of hydrogen-bond acceptors (Lipinski definition) is 2. The van der Waals surface area contributed by atoms with Gasteiger partial charge in [-0.3, -0.25) is 9.69 Å². The van der Waals surface area contributed by atoms with Crippen molar-refractivity contribution in [2.45, 2.75) is 19.8 Å². The molecule has 18 heavy (non-hydrogen) atoms. The van der Waals surface area contributed by atoms with Crippen LogP contribution in [-0.2, 0) is 4.79 Å². The van der Waals surface area contributed by atoms with Gasteiger partial charge in [-0.05, 0) is 36.6 Å². The van der Waals surface area contributed by atoms with E-state index < -0.39 is 0 Å². The van der Waals surface area contributed by atoms with E-state index in [1.165, 1.54) is 11.1 Å². The molecule has 3 heteroatoms. The highest BCUT2D eigenvalue weighted by Gasteiger charge is 2.12. The number of nitrogens with zero attached hydrogens (tertiary/aromatic N) is 1. The Kier molecular flexibility index (Phi) is 4.56. The highest BCUT2D eigenvalue weighted by Crippen LogP contribution is 2.23. The lowest BCUT2D eigenvalue weighted by Gasteiger charge is -2.26. The zero-order valence-electron chi connectivity index (χ0n) is 10.7. The van der Waals surface area contributed by atoms with Crippen molar-refractivity contribution >= 4 is 23.0 Å². The molecule has 1 aromatic rings. The summed E-state index contributed by atoms with van der Waals surface area (Å²) in [5.41, 5.74) is 2.64. The first-order valence-corrected chi connectivity index (χ1v) is 6.70. The summed E-state index contributed by atoms with van der Waals surface area (Å²) < 4.78 is 0. The molecule has 1 aliphatic heterocycles. The van der Waals surface area contributed by atoms with Gasteiger partial charge in [0.05, 0.1) is 0 Å². The normalized spacial score (nSPS) is 16.4. The summed E-state index contributed by atoms with van der Waals surface area (Å²) in [6.07, 6.45) is 3.95. The van der Waals surface area contributed by atoms with E-state index in [1.807, 2.05) is 12.1 Å². The molecule has 0 aliphatic carbocycles. The first-order valence-electron chi connectivity index (χ1n) is 6.32. The molecule has 1 heterocycles. The molecule has 0 bridgehead atoms. The molecular formula is C15H18ClNO. The van der Waals surface area contributed by atoms with Gasteiger partial charge in [0.2, 0.25) is 0 Å². The van der Waals surface area contributed by atoms with Crippen LogP contribution in [0.15, 0.2) is 30.3 Å². The van der Waals surface area contributed by atoms with Gasteiger partial charge >= 0.3 is 0 Å². The molecule has 0 radical (unpaired) electrons. The van der Waals surface area contributed by atoms with Gasteiger partial charge in [-0.2, -0.15) is 0 Å². The number of rotatable bonds is 4. The molecule has 0 saturated heterocycles. The smallest absolute Gasteiger partial charge is 0.131 e. The van der Waals surface area contributed by atoms with E-state index in [0.717, 1.165) is 31.1 Å². The van der Waals surface area contributed by atoms with E-state index in [-0.39, 0.29) is 5.78 Å². The number of carbonyl (C=O) groups is 1. The van der Waals surface area contributed by atoms with Crippen LogP contribution < -0.4 is 0 Å². The maximum absolute atomic E-state index is 10.9. The summed E-state index contributed by atoms with van der Waals surface area (Å²) in [5, 5.41) is 0.776. The average Bonchev–Trinajstić information content (AvgIpc) is 2.38. The number of carbonyl (C=O) groups excluding carboxylic acids is 1. The predicted molar refractivity (Wildman–Crippen MR) is 75.8 cm³/mol. The minimum atomic E-state index is 0.266. The van der Waals surface area contributed by atoms with Crippen LogP contribution in [0.25, 0.3) is 5.57 Å². The van der Waals surface area contributed by atoms with Gasteiger partial charge in [0.15, 0.2) is 0 Å². The van der Waals surface area contributed by atoms with Crippen LogP contribution in [0.2, 0.25) is 5.02 Å². The van der Waals surface area contributed by atoms with Crippen molar-refractivity contribution < 1.29 is 4.79 Å². The van der Waals surface area contributed by atoms with Gasteiger partial charge < -0.3 is 0 Å². The third-order valence-electron chi connectivity index (χ3n) is 3.29. The fraction of sp³-hybridized carbons (Fsp3) is 0.400. The molecule has 0 N–H and O–H groups in total. The Bertz CT molecular complexity index is 450. The van der Waals surface area contributed by atoms with Gasteiger partial charge in [-0.15, -0.1) is 0 Å². The summed E-state index contributed by atoms with van der Waals surface area (Å²) in [4.78, 5) is 13.3. The first-order chi connectivity index (χ1) is 8.65. The number of Topliss-reactive ketones (excluding diaryl/α,β-unsaturated/α-hetero) is 1. The van der Waals surface area contributed by atoms with E-state index in [9.17, 15) is 4.79 Å². The minimum Gasteiger partial charge on any atom is -0.300 e. The van der Waals surface area contributed by atoms with Crippen molar-refractivity contribution in [1.29, 1.82) is 0 Å². The lowest BCUT2D eigenvalue weighted by molar-refractivity contribution is -0.117. The quantitative estimate of drug-likeness (QED) is 0.830. The average molecular weight is 264 g/mol. The minimum absolute atomic E-state index is 0.266. The molecule has 0 saturated carbocycles. The van der Waals surface area contributed by atoms with Crippen LogP contribution in [0.4, 0.5) is 0 Å². The Morgan fingerprint density at radius 2 is 2.06 bits per heavy atom. The molecule has 0 unspecified atom stereocenters. The maximum Gasteiger partial charge on any atom is 0.131 e. The molecule has 1 aliphatic rings. The molecular weight excluding hydrogens is 246 g/mol. The van der Waals surface area contributed by atoms with Crippen LogP contribution in [0.5, 0.6) is 0 Å². The molecule has 96 valence electrons. The molecule has 0 atom stereocenters. The molecule has 2 nitrogen and oxygen atoms in total. The van der Waals surface area contributed by atoms with E-state index in [1.54, 1.807) is 6.92 Å². The van der Waals surface area contributed by atoms with E-state index in [2.05, 4.69) is 23.1 Å². The Morgan fingerprint density at radius 3 is 2.61 bits per heavy atom. The zero-order chi connectivity index (χ0) is 13.0. The standard InChI is InChI=1S/C15H18ClNO/c1-12(18)6-9-17-10-7-14(8-11-17)13-2-4-15(16)5-3-13/h2-5,7H,6,8-11H2,1H3. The summed E-state index contributed by atoms with van der Waals surface area (Å²) in [5.74, 6) is 0.266. The maximum atomic E-state index is 10.9. The molecule has 0 spiro atoms. The fourth-order valence-electron chi connectivity index (χ4n) is 2.16. The lowest BCUT2D eigenvalue weighted by Crippen LogP contribution is -2.30. The topological polar surface area (TPSA) is 20.3 Å². The Balaban J connectivity index is 1.94. The fourth-order valence-corrected chi connectivity index (χ4v) is 2.28. The van der Waals surface area contributed by atoms with Crippen molar-refractivity contribution in [2.75, 3.05) is 19.6 Å². The van der Waals surface area contributed by atoms with Crippen molar-refractivity contribution in [2.24, 2.45) is 0 Å². The molecule has 0 aromatic heterocycles. The van der Waals surface area contributed by atoms with Crippen molar-refractivity contribution in [3.8, 4) is 0 Å². The second-order valence-electron chi connectivity index (χ2n) is 4.74. The lowest BCUT2D eigenvalue weighted by atomic mass is 9.99. The molecule has 0 fully saturated rings. The number of ketones is 1. The summed E-state index contributed by atoms with van der Waals surface area (Å²) in [7, 11) is 0. The monoisotopic (exact) mass is 263 g/mol. The van der Waals surface area contributed by atoms with E-state index >= 15 is 0 Å². The Hall–Kier alpha value is -1.12. The van der Waals surface area contributed by atoms with Gasteiger partial charge in [0, 0.05) is 31.1 Å². The Labute approximate surface area is 113 Å². The molecule has 2 rings (SSSR count). The van der Waals surface area contributed by atoms with E-state index in [4.69, 9.17) is 11.6 Å². The van der Waals surface area contributed by atoms with Crippen molar-refractivity contribution in [3.63, 3.8) is 0 Å². The van der Waals surface area contributed by atoms with Crippen molar-refractivity contribution in [3.05, 3.63) is 40.9 Å². The van der Waals surface area contributed by atoms with Gasteiger partial charge in [0.25, 0.3) is 0 Å². The highest BCUT2D eigenvalue weighted by atomic mass is 35.5. The SMILES string of the molecule is CC(=O)CCN1CC=C(c2ccc(Cl)cc2)CC1. The van der Waals surface area contributed by atoms with Crippen molar-refractivity contribution in [1.82, 2.24) is 4.90 Å². The van der Waals surface area contributed by atoms with Crippen LogP contribution in [0, 0.1) is 0 Å². The second-order valence-corrected chi connectivity index (χ2v) is 5.18.